The number of aromatic nitrogens is 4. The van der Waals surface area contributed by atoms with Crippen molar-refractivity contribution in [3.63, 3.8) is 0 Å². The molecule has 0 atom stereocenters. The summed E-state index contributed by atoms with van der Waals surface area (Å²) in [4.78, 5) is 19.9. The summed E-state index contributed by atoms with van der Waals surface area (Å²) in [6.45, 7) is 6.72. The van der Waals surface area contributed by atoms with E-state index in [1.54, 1.807) is 12.2 Å². The third-order valence-corrected chi connectivity index (χ3v) is 9.41. The van der Waals surface area contributed by atoms with Crippen LogP contribution < -0.4 is 0 Å². The Hall–Kier alpha value is -7.81. The minimum absolute atomic E-state index is 0.609. The van der Waals surface area contributed by atoms with E-state index in [0.29, 0.717) is 11.4 Å². The fraction of sp³-hybridized carbons (Fsp3) is 0.0377. The number of nitrogens with zero attached hydrogens (tertiary/aromatic N) is 5. The molecule has 0 saturated carbocycles. The van der Waals surface area contributed by atoms with Gasteiger partial charge in [0.1, 0.15) is 0 Å². The van der Waals surface area contributed by atoms with Crippen LogP contribution in [0.3, 0.4) is 0 Å². The van der Waals surface area contributed by atoms with Gasteiger partial charge in [-0.1, -0.05) is 183 Å². The van der Waals surface area contributed by atoms with Gasteiger partial charge < -0.3 is 0 Å². The number of rotatable bonds is 7. The molecule has 278 valence electrons. The smallest absolute Gasteiger partial charge is 0.160 e. The summed E-state index contributed by atoms with van der Waals surface area (Å²) in [6.07, 6.45) is 14.3. The maximum Gasteiger partial charge on any atom is 0.160 e. The van der Waals surface area contributed by atoms with Crippen LogP contribution >= 0.6 is 0 Å². The van der Waals surface area contributed by atoms with Gasteiger partial charge in [0.2, 0.25) is 0 Å². The zero-order valence-corrected chi connectivity index (χ0v) is 32.1. The van der Waals surface area contributed by atoms with Crippen LogP contribution in [0, 0.1) is 11.3 Å². The van der Waals surface area contributed by atoms with Crippen LogP contribution in [0.1, 0.15) is 18.4 Å². The van der Waals surface area contributed by atoms with Gasteiger partial charge in [-0.2, -0.15) is 5.26 Å². The number of allylic oxidation sites excluding steroid dienone is 6. The van der Waals surface area contributed by atoms with Crippen molar-refractivity contribution in [2.24, 2.45) is 0 Å². The molecule has 0 radical (unpaired) electrons. The molecular weight excluding hydrogens is 707 g/mol. The lowest BCUT2D eigenvalue weighted by atomic mass is 9.98. The van der Waals surface area contributed by atoms with E-state index in [1.807, 2.05) is 97.1 Å². The number of hydrogen-bond donors (Lipinski definition) is 0. The van der Waals surface area contributed by atoms with Crippen molar-refractivity contribution in [1.82, 2.24) is 19.9 Å². The molecule has 2 aromatic heterocycles. The SMILES string of the molecule is C1=CCCC=C1.C=CC=C.N#Cc1ccc(-c2nc3ccccc3nc2-c2ccc(-c3ccc(-c4cc(-c5ccccc5)nc(-c5ccccc5)n4)cc3)cc2)cc1. The maximum absolute atomic E-state index is 9.29. The second-order valence-corrected chi connectivity index (χ2v) is 13.4. The van der Waals surface area contributed by atoms with Gasteiger partial charge in [0, 0.05) is 27.8 Å². The zero-order chi connectivity index (χ0) is 39.9. The van der Waals surface area contributed by atoms with Crippen molar-refractivity contribution in [2.45, 2.75) is 12.8 Å². The van der Waals surface area contributed by atoms with Gasteiger partial charge in [0.05, 0.1) is 45.4 Å². The van der Waals surface area contributed by atoms with Gasteiger partial charge in [-0.15, -0.1) is 0 Å². The molecule has 0 bridgehead atoms. The van der Waals surface area contributed by atoms with E-state index >= 15 is 0 Å². The van der Waals surface area contributed by atoms with Gasteiger partial charge in [0.25, 0.3) is 0 Å². The monoisotopic (exact) mass is 747 g/mol. The van der Waals surface area contributed by atoms with Crippen molar-refractivity contribution in [1.29, 1.82) is 5.26 Å². The fourth-order valence-corrected chi connectivity index (χ4v) is 6.37. The van der Waals surface area contributed by atoms with E-state index in [9.17, 15) is 5.26 Å². The molecule has 0 amide bonds. The van der Waals surface area contributed by atoms with Gasteiger partial charge in [-0.05, 0) is 54.3 Å². The first-order valence-corrected chi connectivity index (χ1v) is 19.2. The van der Waals surface area contributed by atoms with Crippen LogP contribution in [-0.2, 0) is 0 Å². The highest BCUT2D eigenvalue weighted by atomic mass is 14.9. The highest BCUT2D eigenvalue weighted by Crippen LogP contribution is 2.34. The summed E-state index contributed by atoms with van der Waals surface area (Å²) in [6, 6.07) is 56.9. The van der Waals surface area contributed by atoms with Crippen molar-refractivity contribution < 1.29 is 0 Å². The summed E-state index contributed by atoms with van der Waals surface area (Å²) in [5, 5.41) is 9.29. The molecule has 0 unspecified atom stereocenters. The van der Waals surface area contributed by atoms with Gasteiger partial charge >= 0.3 is 0 Å². The second-order valence-electron chi connectivity index (χ2n) is 13.4. The quantitative estimate of drug-likeness (QED) is 0.152. The number of benzene rings is 6. The molecule has 5 nitrogen and oxygen atoms in total. The van der Waals surface area contributed by atoms with E-state index in [0.717, 1.165) is 72.8 Å². The molecule has 6 aromatic carbocycles. The Kier molecular flexibility index (Phi) is 12.7. The molecule has 5 heteroatoms. The number of nitriles is 1. The normalized spacial score (nSPS) is 11.3. The van der Waals surface area contributed by atoms with E-state index in [-0.39, 0.29) is 0 Å². The lowest BCUT2D eigenvalue weighted by Crippen LogP contribution is -1.96. The van der Waals surface area contributed by atoms with E-state index in [4.69, 9.17) is 19.9 Å². The minimum Gasteiger partial charge on any atom is -0.244 e. The molecule has 1 aliphatic carbocycles. The Labute approximate surface area is 340 Å². The molecule has 0 aliphatic heterocycles. The molecule has 0 fully saturated rings. The number of fused-ring (bicyclic) bond motifs is 1. The highest BCUT2D eigenvalue weighted by Gasteiger charge is 2.15. The third-order valence-electron chi connectivity index (χ3n) is 9.41. The largest absolute Gasteiger partial charge is 0.244 e. The number of para-hydroxylation sites is 2. The Balaban J connectivity index is 0.000000454. The predicted octanol–water partition coefficient (Wildman–Crippen LogP) is 13.5. The zero-order valence-electron chi connectivity index (χ0n) is 32.1. The maximum atomic E-state index is 9.29. The van der Waals surface area contributed by atoms with Crippen molar-refractivity contribution in [3.05, 3.63) is 219 Å². The first-order valence-electron chi connectivity index (χ1n) is 19.2. The topological polar surface area (TPSA) is 75.3 Å². The Morgan fingerprint density at radius 3 is 1.26 bits per heavy atom. The van der Waals surface area contributed by atoms with Crippen LogP contribution in [0.25, 0.3) is 78.6 Å². The molecule has 2 heterocycles. The predicted molar refractivity (Wildman–Crippen MR) is 240 cm³/mol. The fourth-order valence-electron chi connectivity index (χ4n) is 6.37. The third kappa shape index (κ3) is 9.52. The van der Waals surface area contributed by atoms with Crippen LogP contribution in [0.2, 0.25) is 0 Å². The number of hydrogen-bond acceptors (Lipinski definition) is 5. The second kappa shape index (κ2) is 19.2. The minimum atomic E-state index is 0.609. The first-order chi connectivity index (χ1) is 28.6. The molecule has 0 spiro atoms. The van der Waals surface area contributed by atoms with Crippen LogP contribution in [0.4, 0.5) is 0 Å². The average molecular weight is 748 g/mol. The van der Waals surface area contributed by atoms with Gasteiger partial charge in [0.15, 0.2) is 5.82 Å². The Morgan fingerprint density at radius 1 is 0.431 bits per heavy atom. The molecule has 0 saturated heterocycles. The summed E-state index contributed by atoms with van der Waals surface area (Å²) < 4.78 is 0. The Morgan fingerprint density at radius 2 is 0.828 bits per heavy atom. The standard InChI is InChI=1S/C43H27N5.C6H8.C4H6/c44-28-29-15-17-34(18-16-29)41-42(46-38-14-8-7-13-37(38)45-41)35-25-21-31(22-26-35)30-19-23-33(24-20-30)40-27-39(32-9-3-1-4-10-32)47-43(48-40)36-11-5-2-6-12-36;1-2-4-6-5-3-1;1-3-4-2/h1-27H;1-4H,5-6H2;3-4H,1-2H2. The van der Waals surface area contributed by atoms with Crippen molar-refractivity contribution >= 4 is 11.0 Å². The summed E-state index contributed by atoms with van der Waals surface area (Å²) in [5.74, 6) is 0.698. The van der Waals surface area contributed by atoms with Crippen molar-refractivity contribution in [3.8, 4) is 73.6 Å². The molecule has 8 aromatic rings. The molecule has 9 rings (SSSR count). The first kappa shape index (κ1) is 38.5. The molecule has 1 aliphatic rings. The summed E-state index contributed by atoms with van der Waals surface area (Å²) in [5.41, 5.74) is 12.7. The summed E-state index contributed by atoms with van der Waals surface area (Å²) in [7, 11) is 0. The molecular formula is C53H41N5. The molecule has 0 N–H and O–H groups in total. The molecule has 58 heavy (non-hydrogen) atoms. The van der Waals surface area contributed by atoms with E-state index in [2.05, 4.69) is 110 Å². The van der Waals surface area contributed by atoms with Crippen LogP contribution in [0.5, 0.6) is 0 Å². The average Bonchev–Trinajstić information content (AvgIpc) is 3.32. The van der Waals surface area contributed by atoms with Crippen LogP contribution in [-0.4, -0.2) is 19.9 Å². The van der Waals surface area contributed by atoms with Crippen LogP contribution in [0.15, 0.2) is 213 Å². The summed E-state index contributed by atoms with van der Waals surface area (Å²) >= 11 is 0. The lowest BCUT2D eigenvalue weighted by Gasteiger charge is -2.12. The van der Waals surface area contributed by atoms with Crippen molar-refractivity contribution in [2.75, 3.05) is 0 Å². The van der Waals surface area contributed by atoms with Gasteiger partial charge in [-0.25, -0.2) is 19.9 Å². The van der Waals surface area contributed by atoms with E-state index < -0.39 is 0 Å². The highest BCUT2D eigenvalue weighted by molar-refractivity contribution is 5.87. The van der Waals surface area contributed by atoms with E-state index in [1.165, 1.54) is 12.8 Å². The lowest BCUT2D eigenvalue weighted by molar-refractivity contribution is 1.04. The van der Waals surface area contributed by atoms with Gasteiger partial charge in [-0.3, -0.25) is 0 Å². The Bertz CT molecular complexity index is 2650.